The molecule has 0 spiro atoms. The van der Waals surface area contributed by atoms with E-state index in [2.05, 4.69) is 37.9 Å². The fourth-order valence-corrected chi connectivity index (χ4v) is 4.90. The van der Waals surface area contributed by atoms with Crippen LogP contribution in [0.25, 0.3) is 21.7 Å². The van der Waals surface area contributed by atoms with Crippen LogP contribution in [0.4, 0.5) is 19.0 Å². The Kier molecular flexibility index (Phi) is 6.02. The maximum absolute atomic E-state index is 12.8. The summed E-state index contributed by atoms with van der Waals surface area (Å²) in [7, 11) is 0. The number of fused-ring (bicyclic) bond motifs is 1. The van der Waals surface area contributed by atoms with Crippen LogP contribution in [0.5, 0.6) is 0 Å². The number of nitrogen functional groups attached to an aromatic ring is 1. The number of imidazole rings is 1. The Hall–Kier alpha value is -3.75. The summed E-state index contributed by atoms with van der Waals surface area (Å²) in [6, 6.07) is 4.91. The van der Waals surface area contributed by atoms with Gasteiger partial charge in [0, 0.05) is 17.4 Å². The van der Waals surface area contributed by atoms with Crippen LogP contribution in [0, 0.1) is 11.8 Å². The molecule has 5 rings (SSSR count). The minimum absolute atomic E-state index is 0.179. The lowest BCUT2D eigenvalue weighted by Gasteiger charge is -2.25. The summed E-state index contributed by atoms with van der Waals surface area (Å²) in [6.45, 7) is 2.29. The summed E-state index contributed by atoms with van der Waals surface area (Å²) in [5.41, 5.74) is 7.55. The normalized spacial score (nSPS) is 18.1. The Morgan fingerprint density at radius 2 is 1.97 bits per heavy atom. The molecule has 4 aromatic rings. The molecule has 0 amide bonds. The average molecular weight is 511 g/mol. The number of benzene rings is 1. The van der Waals surface area contributed by atoms with Crippen LogP contribution in [0.3, 0.4) is 0 Å². The highest BCUT2D eigenvalue weighted by atomic mass is 32.1. The van der Waals surface area contributed by atoms with Crippen LogP contribution in [0.15, 0.2) is 47.6 Å². The highest BCUT2D eigenvalue weighted by molar-refractivity contribution is 7.13. The number of anilines is 1. The molecule has 1 aromatic carbocycles. The van der Waals surface area contributed by atoms with Crippen LogP contribution < -0.4 is 5.73 Å². The third kappa shape index (κ3) is 4.96. The largest absolute Gasteiger partial charge is 0.416 e. The molecule has 36 heavy (non-hydrogen) atoms. The monoisotopic (exact) mass is 510 g/mol. The molecular formula is C25H21F3N6OS. The van der Waals surface area contributed by atoms with Crippen molar-refractivity contribution in [3.8, 4) is 22.4 Å². The van der Waals surface area contributed by atoms with E-state index in [1.54, 1.807) is 10.9 Å². The van der Waals surface area contributed by atoms with Crippen LogP contribution in [0.1, 0.15) is 43.3 Å². The third-order valence-electron chi connectivity index (χ3n) is 5.86. The van der Waals surface area contributed by atoms with Gasteiger partial charge in [-0.1, -0.05) is 29.7 Å². The highest BCUT2D eigenvalue weighted by Crippen LogP contribution is 2.32. The van der Waals surface area contributed by atoms with Crippen molar-refractivity contribution in [1.29, 1.82) is 0 Å². The van der Waals surface area contributed by atoms with Crippen molar-refractivity contribution in [3.05, 3.63) is 64.7 Å². The van der Waals surface area contributed by atoms with Crippen molar-refractivity contribution in [2.24, 2.45) is 0 Å². The van der Waals surface area contributed by atoms with Crippen molar-refractivity contribution in [2.45, 2.75) is 44.5 Å². The van der Waals surface area contributed by atoms with E-state index in [0.29, 0.717) is 46.8 Å². The molecule has 1 atom stereocenters. The molecule has 0 unspecified atom stereocenters. The quantitative estimate of drug-likeness (QED) is 0.303. The number of nitrogens with two attached hydrogens (primary N) is 1. The van der Waals surface area contributed by atoms with E-state index in [-0.39, 0.29) is 11.6 Å². The number of hydrogen-bond donors (Lipinski definition) is 2. The summed E-state index contributed by atoms with van der Waals surface area (Å²) in [5.74, 6) is 6.14. The minimum Gasteiger partial charge on any atom is -0.382 e. The lowest BCUT2D eigenvalue weighted by atomic mass is 9.86. The van der Waals surface area contributed by atoms with Crippen molar-refractivity contribution in [3.63, 3.8) is 0 Å². The van der Waals surface area contributed by atoms with E-state index < -0.39 is 17.3 Å². The number of allylic oxidation sites excluding steroid dienone is 1. The molecule has 0 saturated heterocycles. The molecule has 3 heterocycles. The van der Waals surface area contributed by atoms with Crippen molar-refractivity contribution >= 4 is 28.3 Å². The number of rotatable bonds is 3. The van der Waals surface area contributed by atoms with E-state index >= 15 is 0 Å². The molecule has 3 aromatic heterocycles. The molecule has 1 aliphatic rings. The number of aliphatic hydroxyl groups is 1. The zero-order valence-corrected chi connectivity index (χ0v) is 20.0. The lowest BCUT2D eigenvalue weighted by molar-refractivity contribution is -0.137. The molecule has 0 bridgehead atoms. The fourth-order valence-electron chi connectivity index (χ4n) is 4.08. The zero-order chi connectivity index (χ0) is 25.5. The molecule has 11 heteroatoms. The standard InChI is InChI=1S/C25H21F3N6OS/c1-15-3-2-9-24(35,11-15)10-8-19-32-21(29)20-22(33-19)34(14-30-20)12-18-13-36-23(31-18)16-4-6-17(7-5-16)25(26,27)28/h3-7,13-14,35H,2,9,11-12H2,1H3,(H2,29,32,33)/t24-/m1/s1. The number of aromatic nitrogens is 5. The van der Waals surface area contributed by atoms with Gasteiger partial charge >= 0.3 is 6.18 Å². The predicted octanol–water partition coefficient (Wildman–Crippen LogP) is 4.81. The van der Waals surface area contributed by atoms with Gasteiger partial charge in [0.15, 0.2) is 11.5 Å². The van der Waals surface area contributed by atoms with Crippen LogP contribution in [-0.4, -0.2) is 35.2 Å². The van der Waals surface area contributed by atoms with Crippen LogP contribution in [0.2, 0.25) is 0 Å². The fraction of sp³-hybridized carbons (Fsp3) is 0.280. The maximum atomic E-state index is 12.8. The van der Waals surface area contributed by atoms with E-state index in [1.165, 1.54) is 23.5 Å². The first kappa shape index (κ1) is 24.0. The Morgan fingerprint density at radius 1 is 1.19 bits per heavy atom. The van der Waals surface area contributed by atoms with Gasteiger partial charge < -0.3 is 15.4 Å². The lowest BCUT2D eigenvalue weighted by Crippen LogP contribution is -2.29. The minimum atomic E-state index is -4.38. The Bertz CT molecular complexity index is 1530. The van der Waals surface area contributed by atoms with Crippen LogP contribution >= 0.6 is 11.3 Å². The van der Waals surface area contributed by atoms with Gasteiger partial charge in [-0.3, -0.25) is 0 Å². The van der Waals surface area contributed by atoms with Crippen LogP contribution in [-0.2, 0) is 12.7 Å². The zero-order valence-electron chi connectivity index (χ0n) is 19.2. The van der Waals surface area contributed by atoms with Gasteiger partial charge in [-0.05, 0) is 37.8 Å². The molecule has 1 aliphatic carbocycles. The van der Waals surface area contributed by atoms with E-state index in [0.717, 1.165) is 24.1 Å². The summed E-state index contributed by atoms with van der Waals surface area (Å²) < 4.78 is 40.3. The molecule has 3 N–H and O–H groups in total. The average Bonchev–Trinajstić information content (AvgIpc) is 3.45. The van der Waals surface area contributed by atoms with Gasteiger partial charge in [0.1, 0.15) is 16.1 Å². The van der Waals surface area contributed by atoms with E-state index in [9.17, 15) is 18.3 Å². The molecule has 7 nitrogen and oxygen atoms in total. The third-order valence-corrected chi connectivity index (χ3v) is 6.80. The van der Waals surface area contributed by atoms with E-state index in [1.807, 2.05) is 12.3 Å². The molecule has 0 fully saturated rings. The Labute approximate surface area is 208 Å². The van der Waals surface area contributed by atoms with Gasteiger partial charge in [-0.25, -0.2) is 19.9 Å². The second kappa shape index (κ2) is 9.04. The number of halogens is 3. The second-order valence-corrected chi connectivity index (χ2v) is 9.60. The summed E-state index contributed by atoms with van der Waals surface area (Å²) in [4.78, 5) is 17.6. The maximum Gasteiger partial charge on any atom is 0.416 e. The number of alkyl halides is 3. The Balaban J connectivity index is 1.39. The summed E-state index contributed by atoms with van der Waals surface area (Å²) in [5, 5.41) is 13.2. The van der Waals surface area contributed by atoms with E-state index in [4.69, 9.17) is 5.73 Å². The van der Waals surface area contributed by atoms with Crippen molar-refractivity contribution < 1.29 is 18.3 Å². The van der Waals surface area contributed by atoms with Gasteiger partial charge in [0.25, 0.3) is 0 Å². The first-order valence-electron chi connectivity index (χ1n) is 11.1. The predicted molar refractivity (Wildman–Crippen MR) is 131 cm³/mol. The Morgan fingerprint density at radius 3 is 2.69 bits per heavy atom. The smallest absolute Gasteiger partial charge is 0.382 e. The molecule has 0 radical (unpaired) electrons. The number of nitrogens with zero attached hydrogens (tertiary/aromatic N) is 5. The number of thiazole rings is 1. The first-order valence-corrected chi connectivity index (χ1v) is 12.0. The molecule has 184 valence electrons. The van der Waals surface area contributed by atoms with Gasteiger partial charge in [0.2, 0.25) is 5.82 Å². The molecule has 0 saturated carbocycles. The molecular weight excluding hydrogens is 489 g/mol. The van der Waals surface area contributed by atoms with Gasteiger partial charge in [0.05, 0.1) is 24.1 Å². The summed E-state index contributed by atoms with van der Waals surface area (Å²) in [6.07, 6.45) is 1.06. The SMILES string of the molecule is CC1=CCC[C@@](O)(C#Cc2nc(N)c3ncn(Cc4csc(-c5ccc(C(F)(F)F)cc5)n4)c3n2)C1. The first-order chi connectivity index (χ1) is 17.1. The second-order valence-electron chi connectivity index (χ2n) is 8.74. The number of hydrogen-bond acceptors (Lipinski definition) is 7. The van der Waals surface area contributed by atoms with Crippen molar-refractivity contribution in [1.82, 2.24) is 24.5 Å². The van der Waals surface area contributed by atoms with Gasteiger partial charge in [-0.15, -0.1) is 11.3 Å². The summed E-state index contributed by atoms with van der Waals surface area (Å²) >= 11 is 1.33. The van der Waals surface area contributed by atoms with Gasteiger partial charge in [-0.2, -0.15) is 13.2 Å². The topological polar surface area (TPSA) is 103 Å². The van der Waals surface area contributed by atoms with Crippen molar-refractivity contribution in [2.75, 3.05) is 5.73 Å². The molecule has 0 aliphatic heterocycles. The highest BCUT2D eigenvalue weighted by Gasteiger charge is 2.30.